The van der Waals surface area contributed by atoms with Gasteiger partial charge in [0, 0.05) is 5.02 Å². The van der Waals surface area contributed by atoms with Crippen LogP contribution in [0.4, 0.5) is 0 Å². The number of amides is 1. The van der Waals surface area contributed by atoms with Gasteiger partial charge in [-0.2, -0.15) is 4.98 Å². The lowest BCUT2D eigenvalue weighted by atomic mass is 10.2. The van der Waals surface area contributed by atoms with Crippen LogP contribution in [0, 0.1) is 0 Å². The highest BCUT2D eigenvalue weighted by atomic mass is 35.5. The predicted molar refractivity (Wildman–Crippen MR) is 81.9 cm³/mol. The van der Waals surface area contributed by atoms with Gasteiger partial charge >= 0.3 is 0 Å². The number of rotatable bonds is 5. The first-order valence-corrected chi connectivity index (χ1v) is 7.48. The Kier molecular flexibility index (Phi) is 4.08. The van der Waals surface area contributed by atoms with Gasteiger partial charge in [0.1, 0.15) is 5.75 Å². The molecule has 0 bridgehead atoms. The molecule has 1 aromatic carbocycles. The van der Waals surface area contributed by atoms with E-state index in [0.29, 0.717) is 22.5 Å². The molecule has 0 atom stereocenters. The molecule has 2 aromatic heterocycles. The van der Waals surface area contributed by atoms with Crippen LogP contribution >= 0.6 is 22.9 Å². The van der Waals surface area contributed by atoms with Crippen LogP contribution < -0.4 is 10.5 Å². The number of thiophene rings is 1. The Morgan fingerprint density at radius 3 is 3.00 bits per heavy atom. The molecule has 0 fully saturated rings. The summed E-state index contributed by atoms with van der Waals surface area (Å²) in [5.74, 6) is 0.490. The third kappa shape index (κ3) is 3.10. The molecule has 0 saturated carbocycles. The Bertz CT molecular complexity index is 802. The second-order valence-corrected chi connectivity index (χ2v) is 5.67. The van der Waals surface area contributed by atoms with Crippen LogP contribution in [-0.2, 0) is 6.61 Å². The van der Waals surface area contributed by atoms with E-state index in [4.69, 9.17) is 26.6 Å². The fraction of sp³-hybridized carbons (Fsp3) is 0.0714. The number of carbonyl (C=O) groups excluding carboxylic acids is 1. The Labute approximate surface area is 134 Å². The van der Waals surface area contributed by atoms with Crippen LogP contribution in [0.1, 0.15) is 16.2 Å². The van der Waals surface area contributed by atoms with Crippen molar-refractivity contribution in [3.8, 4) is 16.5 Å². The number of primary amides is 1. The first-order chi connectivity index (χ1) is 10.6. The maximum absolute atomic E-state index is 11.4. The van der Waals surface area contributed by atoms with E-state index in [1.807, 2.05) is 17.5 Å². The van der Waals surface area contributed by atoms with Crippen LogP contribution in [0.15, 0.2) is 40.2 Å². The van der Waals surface area contributed by atoms with Crippen molar-refractivity contribution in [1.29, 1.82) is 0 Å². The summed E-state index contributed by atoms with van der Waals surface area (Å²) in [6.07, 6.45) is 0. The molecule has 1 amide bonds. The third-order valence-electron chi connectivity index (χ3n) is 2.77. The highest BCUT2D eigenvalue weighted by Gasteiger charge is 2.13. The Morgan fingerprint density at radius 1 is 1.41 bits per heavy atom. The van der Waals surface area contributed by atoms with E-state index >= 15 is 0 Å². The summed E-state index contributed by atoms with van der Waals surface area (Å²) in [6.45, 7) is 0.0281. The van der Waals surface area contributed by atoms with E-state index in [1.54, 1.807) is 12.1 Å². The normalized spacial score (nSPS) is 10.6. The van der Waals surface area contributed by atoms with Crippen molar-refractivity contribution >= 4 is 28.8 Å². The largest absolute Gasteiger partial charge is 0.483 e. The first-order valence-electron chi connectivity index (χ1n) is 6.22. The van der Waals surface area contributed by atoms with Crippen LogP contribution in [-0.4, -0.2) is 16.0 Å². The zero-order valence-electron chi connectivity index (χ0n) is 11.2. The van der Waals surface area contributed by atoms with Gasteiger partial charge in [-0.25, -0.2) is 0 Å². The predicted octanol–water partition coefficient (Wildman–Crippen LogP) is 3.13. The number of benzene rings is 1. The highest BCUT2D eigenvalue weighted by Crippen LogP contribution is 2.24. The quantitative estimate of drug-likeness (QED) is 0.773. The van der Waals surface area contributed by atoms with Gasteiger partial charge in [-0.3, -0.25) is 4.79 Å². The third-order valence-corrected chi connectivity index (χ3v) is 3.87. The molecule has 22 heavy (non-hydrogen) atoms. The standard InChI is InChI=1S/C14H10ClN3O3S/c15-8-3-4-10(9(6-8)13(16)19)20-7-12-17-14(18-21-12)11-2-1-5-22-11/h1-6H,7H2,(H2,16,19). The minimum Gasteiger partial charge on any atom is -0.483 e. The maximum Gasteiger partial charge on any atom is 0.264 e. The lowest BCUT2D eigenvalue weighted by molar-refractivity contribution is 0.0995. The fourth-order valence-corrected chi connectivity index (χ4v) is 2.60. The van der Waals surface area contributed by atoms with Crippen molar-refractivity contribution in [2.24, 2.45) is 5.73 Å². The molecule has 3 rings (SSSR count). The van der Waals surface area contributed by atoms with Crippen molar-refractivity contribution in [3.63, 3.8) is 0 Å². The number of nitrogens with zero attached hydrogens (tertiary/aromatic N) is 2. The second-order valence-electron chi connectivity index (χ2n) is 4.28. The molecule has 0 aliphatic heterocycles. The summed E-state index contributed by atoms with van der Waals surface area (Å²) in [5, 5.41) is 6.20. The molecule has 2 N–H and O–H groups in total. The van der Waals surface area contributed by atoms with Gasteiger partial charge in [0.2, 0.25) is 5.82 Å². The van der Waals surface area contributed by atoms with E-state index in [1.165, 1.54) is 17.4 Å². The number of hydrogen-bond acceptors (Lipinski definition) is 6. The minimum atomic E-state index is -0.623. The monoisotopic (exact) mass is 335 g/mol. The fourth-order valence-electron chi connectivity index (χ4n) is 1.78. The van der Waals surface area contributed by atoms with Crippen molar-refractivity contribution in [2.45, 2.75) is 6.61 Å². The number of aromatic nitrogens is 2. The van der Waals surface area contributed by atoms with Gasteiger partial charge in [0.05, 0.1) is 10.4 Å². The average molecular weight is 336 g/mol. The highest BCUT2D eigenvalue weighted by molar-refractivity contribution is 7.13. The van der Waals surface area contributed by atoms with Crippen LogP contribution in [0.2, 0.25) is 5.02 Å². The topological polar surface area (TPSA) is 91.2 Å². The Hall–Kier alpha value is -2.38. The van der Waals surface area contributed by atoms with E-state index in [2.05, 4.69) is 10.1 Å². The van der Waals surface area contributed by atoms with E-state index < -0.39 is 5.91 Å². The van der Waals surface area contributed by atoms with E-state index in [9.17, 15) is 4.79 Å². The number of ether oxygens (including phenoxy) is 1. The minimum absolute atomic E-state index is 0.0281. The molecule has 0 radical (unpaired) electrons. The first kappa shape index (κ1) is 14.6. The molecule has 3 aromatic rings. The molecule has 0 unspecified atom stereocenters. The summed E-state index contributed by atoms with van der Waals surface area (Å²) < 4.78 is 10.6. The smallest absolute Gasteiger partial charge is 0.264 e. The van der Waals surface area contributed by atoms with Gasteiger partial charge < -0.3 is 15.0 Å². The molecule has 6 nitrogen and oxygen atoms in total. The summed E-state index contributed by atoms with van der Waals surface area (Å²) in [4.78, 5) is 16.5. The van der Waals surface area contributed by atoms with Crippen LogP contribution in [0.25, 0.3) is 10.7 Å². The number of nitrogens with two attached hydrogens (primary N) is 1. The molecule has 0 aliphatic rings. The summed E-state index contributed by atoms with van der Waals surface area (Å²) in [5.41, 5.74) is 5.49. The van der Waals surface area contributed by atoms with E-state index in [-0.39, 0.29) is 12.2 Å². The zero-order chi connectivity index (χ0) is 15.5. The number of hydrogen-bond donors (Lipinski definition) is 1. The SMILES string of the molecule is NC(=O)c1cc(Cl)ccc1OCc1nc(-c2cccs2)no1. The molecule has 2 heterocycles. The molecule has 112 valence electrons. The van der Waals surface area contributed by atoms with Gasteiger partial charge in [0.25, 0.3) is 11.8 Å². The molecular weight excluding hydrogens is 326 g/mol. The van der Waals surface area contributed by atoms with Crippen molar-refractivity contribution in [2.75, 3.05) is 0 Å². The van der Waals surface area contributed by atoms with Gasteiger partial charge in [-0.15, -0.1) is 11.3 Å². The van der Waals surface area contributed by atoms with Crippen LogP contribution in [0.3, 0.4) is 0 Å². The average Bonchev–Trinajstić information content (AvgIpc) is 3.16. The summed E-state index contributed by atoms with van der Waals surface area (Å²) in [6, 6.07) is 8.42. The van der Waals surface area contributed by atoms with Crippen molar-refractivity contribution in [1.82, 2.24) is 10.1 Å². The molecule has 0 aliphatic carbocycles. The second kappa shape index (κ2) is 6.17. The van der Waals surface area contributed by atoms with Crippen molar-refractivity contribution < 1.29 is 14.1 Å². The van der Waals surface area contributed by atoms with Crippen LogP contribution in [0.5, 0.6) is 5.75 Å². The molecular formula is C14H10ClN3O3S. The molecule has 0 spiro atoms. The van der Waals surface area contributed by atoms with Crippen molar-refractivity contribution in [3.05, 3.63) is 52.2 Å². The Balaban J connectivity index is 1.74. The molecule has 8 heteroatoms. The Morgan fingerprint density at radius 2 is 2.27 bits per heavy atom. The lowest BCUT2D eigenvalue weighted by Gasteiger charge is -2.07. The lowest BCUT2D eigenvalue weighted by Crippen LogP contribution is -2.13. The molecule has 0 saturated heterocycles. The summed E-state index contributed by atoms with van der Waals surface area (Å²) >= 11 is 7.35. The number of carbonyl (C=O) groups is 1. The summed E-state index contributed by atoms with van der Waals surface area (Å²) in [7, 11) is 0. The van der Waals surface area contributed by atoms with Gasteiger partial charge in [-0.1, -0.05) is 22.8 Å². The van der Waals surface area contributed by atoms with E-state index in [0.717, 1.165) is 4.88 Å². The van der Waals surface area contributed by atoms with Gasteiger partial charge in [-0.05, 0) is 29.6 Å². The zero-order valence-corrected chi connectivity index (χ0v) is 12.7. The maximum atomic E-state index is 11.4. The number of halogens is 1. The van der Waals surface area contributed by atoms with Gasteiger partial charge in [0.15, 0.2) is 6.61 Å².